The van der Waals surface area contributed by atoms with Gasteiger partial charge in [0.15, 0.2) is 5.69 Å². The third kappa shape index (κ3) is 3.89. The number of piperidine rings is 1. The van der Waals surface area contributed by atoms with Crippen molar-refractivity contribution in [2.45, 2.75) is 51.0 Å². The maximum atomic E-state index is 11.6. The summed E-state index contributed by atoms with van der Waals surface area (Å²) in [6, 6.07) is 12.7. The highest BCUT2D eigenvalue weighted by Crippen LogP contribution is 2.34. The summed E-state index contributed by atoms with van der Waals surface area (Å²) in [5.41, 5.74) is 1.21. The van der Waals surface area contributed by atoms with Crippen LogP contribution in [0.3, 0.4) is 0 Å². The molecule has 2 aliphatic rings. The van der Waals surface area contributed by atoms with Gasteiger partial charge in [0.2, 0.25) is 0 Å². The summed E-state index contributed by atoms with van der Waals surface area (Å²) >= 11 is 0. The van der Waals surface area contributed by atoms with E-state index in [1.54, 1.807) is 12.1 Å². The Morgan fingerprint density at radius 1 is 0.968 bits per heavy atom. The van der Waals surface area contributed by atoms with Gasteiger partial charge in [-0.25, -0.2) is 4.98 Å². The molecule has 1 unspecified atom stereocenters. The largest absolute Gasteiger partial charge is 0.356 e. The van der Waals surface area contributed by atoms with Crippen LogP contribution in [-0.4, -0.2) is 37.8 Å². The second kappa shape index (κ2) is 8.45. The minimum Gasteiger partial charge on any atom is -0.356 e. The van der Waals surface area contributed by atoms with Crippen molar-refractivity contribution in [3.63, 3.8) is 0 Å². The summed E-state index contributed by atoms with van der Waals surface area (Å²) in [6.07, 6.45) is 6.73. The van der Waals surface area contributed by atoms with Gasteiger partial charge in [-0.1, -0.05) is 36.8 Å². The monoisotopic (exact) mass is 418 g/mol. The van der Waals surface area contributed by atoms with Gasteiger partial charge in [0.25, 0.3) is 5.69 Å². The molecule has 2 aromatic heterocycles. The van der Waals surface area contributed by atoms with Crippen LogP contribution in [0.15, 0.2) is 42.5 Å². The predicted octanol–water partition coefficient (Wildman–Crippen LogP) is 4.36. The zero-order valence-electron chi connectivity index (χ0n) is 17.5. The van der Waals surface area contributed by atoms with Crippen molar-refractivity contribution in [2.24, 2.45) is 0 Å². The second-order valence-electron chi connectivity index (χ2n) is 8.38. The number of nitro groups is 1. The van der Waals surface area contributed by atoms with E-state index < -0.39 is 0 Å². The Hall–Kier alpha value is -3.29. The summed E-state index contributed by atoms with van der Waals surface area (Å²) in [4.78, 5) is 18.2. The van der Waals surface area contributed by atoms with Crippen LogP contribution in [0.1, 0.15) is 49.7 Å². The molecule has 2 aliphatic heterocycles. The zero-order valence-corrected chi connectivity index (χ0v) is 17.5. The molecule has 0 N–H and O–H groups in total. The fraction of sp³-hybridized carbons (Fsp3) is 0.435. The smallest absolute Gasteiger partial charge is 0.295 e. The fourth-order valence-corrected chi connectivity index (χ4v) is 4.78. The van der Waals surface area contributed by atoms with Crippen LogP contribution in [0.4, 0.5) is 11.5 Å². The van der Waals surface area contributed by atoms with Crippen molar-refractivity contribution >= 4 is 11.5 Å². The van der Waals surface area contributed by atoms with Crippen LogP contribution in [0, 0.1) is 10.1 Å². The minimum absolute atomic E-state index is 0.0336. The SMILES string of the molecule is O=[N+]([O-])c1ccc(N2CCCC(c3nnc4n3CCCCC4)C2)nc1-c1ccccc1. The first kappa shape index (κ1) is 19.7. The maximum absolute atomic E-state index is 11.6. The first-order valence-electron chi connectivity index (χ1n) is 11.1. The van der Waals surface area contributed by atoms with Crippen LogP contribution in [0.25, 0.3) is 11.3 Å². The Bertz CT molecular complexity index is 1080. The molecule has 0 aliphatic carbocycles. The number of pyridine rings is 1. The van der Waals surface area contributed by atoms with Gasteiger partial charge in [-0.15, -0.1) is 10.2 Å². The van der Waals surface area contributed by atoms with E-state index in [-0.39, 0.29) is 10.6 Å². The number of aryl methyl sites for hydroxylation is 1. The molecule has 160 valence electrons. The molecule has 0 amide bonds. The van der Waals surface area contributed by atoms with Gasteiger partial charge in [-0.2, -0.15) is 0 Å². The molecule has 0 radical (unpaired) electrons. The lowest BCUT2D eigenvalue weighted by molar-refractivity contribution is -0.384. The highest BCUT2D eigenvalue weighted by molar-refractivity contribution is 5.71. The molecule has 3 aromatic rings. The molecule has 1 atom stereocenters. The number of rotatable bonds is 4. The van der Waals surface area contributed by atoms with Crippen molar-refractivity contribution < 1.29 is 4.92 Å². The van der Waals surface area contributed by atoms with Crippen LogP contribution in [0.2, 0.25) is 0 Å². The molecule has 4 heterocycles. The average Bonchev–Trinajstić information content (AvgIpc) is 3.07. The Kier molecular flexibility index (Phi) is 5.36. The minimum atomic E-state index is -0.358. The lowest BCUT2D eigenvalue weighted by atomic mass is 9.97. The van der Waals surface area contributed by atoms with E-state index in [1.165, 1.54) is 19.3 Å². The number of benzene rings is 1. The van der Waals surface area contributed by atoms with Crippen molar-refractivity contribution in [2.75, 3.05) is 18.0 Å². The Morgan fingerprint density at radius 3 is 2.68 bits per heavy atom. The van der Waals surface area contributed by atoms with Gasteiger partial charge in [-0.05, 0) is 31.7 Å². The van der Waals surface area contributed by atoms with E-state index >= 15 is 0 Å². The third-order valence-electron chi connectivity index (χ3n) is 6.35. The van der Waals surface area contributed by atoms with E-state index in [2.05, 4.69) is 19.7 Å². The van der Waals surface area contributed by atoms with Crippen molar-refractivity contribution in [1.82, 2.24) is 19.7 Å². The molecule has 1 saturated heterocycles. The normalized spacial score (nSPS) is 19.0. The van der Waals surface area contributed by atoms with E-state index in [0.29, 0.717) is 11.6 Å². The summed E-state index contributed by atoms with van der Waals surface area (Å²) < 4.78 is 2.33. The van der Waals surface area contributed by atoms with E-state index in [9.17, 15) is 10.1 Å². The molecule has 1 aromatic carbocycles. The van der Waals surface area contributed by atoms with E-state index in [1.807, 2.05) is 30.3 Å². The first-order chi connectivity index (χ1) is 15.2. The van der Waals surface area contributed by atoms with Crippen molar-refractivity contribution in [1.29, 1.82) is 0 Å². The number of hydrogen-bond donors (Lipinski definition) is 0. The molecule has 0 bridgehead atoms. The van der Waals surface area contributed by atoms with E-state index in [4.69, 9.17) is 4.98 Å². The van der Waals surface area contributed by atoms with Gasteiger partial charge in [0.05, 0.1) is 4.92 Å². The van der Waals surface area contributed by atoms with Gasteiger partial charge in [-0.3, -0.25) is 10.1 Å². The summed E-state index contributed by atoms with van der Waals surface area (Å²) in [5.74, 6) is 3.28. The molecular weight excluding hydrogens is 392 g/mol. The summed E-state index contributed by atoms with van der Waals surface area (Å²) in [7, 11) is 0. The standard InChI is InChI=1S/C23H26N6O2/c30-29(31)19-12-13-20(24-22(19)17-8-3-1-4-9-17)27-14-7-10-18(16-27)23-26-25-21-11-5-2-6-15-28(21)23/h1,3-4,8-9,12-13,18H,2,5-7,10-11,14-16H2. The number of aromatic nitrogens is 4. The molecule has 5 rings (SSSR count). The maximum Gasteiger partial charge on any atom is 0.295 e. The molecule has 0 saturated carbocycles. The molecule has 0 spiro atoms. The molecule has 31 heavy (non-hydrogen) atoms. The van der Waals surface area contributed by atoms with E-state index in [0.717, 1.165) is 61.9 Å². The molecular formula is C23H26N6O2. The number of nitrogens with zero attached hydrogens (tertiary/aromatic N) is 6. The van der Waals surface area contributed by atoms with Gasteiger partial charge >= 0.3 is 0 Å². The van der Waals surface area contributed by atoms with Gasteiger partial charge in [0, 0.05) is 43.6 Å². The fourth-order valence-electron chi connectivity index (χ4n) is 4.78. The van der Waals surface area contributed by atoms with Crippen LogP contribution >= 0.6 is 0 Å². The zero-order chi connectivity index (χ0) is 21.2. The van der Waals surface area contributed by atoms with Crippen LogP contribution < -0.4 is 4.90 Å². The third-order valence-corrected chi connectivity index (χ3v) is 6.35. The Balaban J connectivity index is 1.44. The van der Waals surface area contributed by atoms with Gasteiger partial charge < -0.3 is 9.47 Å². The predicted molar refractivity (Wildman–Crippen MR) is 118 cm³/mol. The molecule has 1 fully saturated rings. The van der Waals surface area contributed by atoms with Crippen LogP contribution in [0.5, 0.6) is 0 Å². The van der Waals surface area contributed by atoms with Crippen LogP contribution in [-0.2, 0) is 13.0 Å². The Morgan fingerprint density at radius 2 is 1.84 bits per heavy atom. The second-order valence-corrected chi connectivity index (χ2v) is 8.38. The number of anilines is 1. The van der Waals surface area contributed by atoms with Gasteiger partial charge in [0.1, 0.15) is 17.5 Å². The summed E-state index contributed by atoms with van der Waals surface area (Å²) in [6.45, 7) is 2.69. The average molecular weight is 419 g/mol. The number of fused-ring (bicyclic) bond motifs is 1. The first-order valence-corrected chi connectivity index (χ1v) is 11.1. The van der Waals surface area contributed by atoms with Crippen molar-refractivity contribution in [3.05, 3.63) is 64.2 Å². The van der Waals surface area contributed by atoms with Crippen molar-refractivity contribution in [3.8, 4) is 11.3 Å². The lowest BCUT2D eigenvalue weighted by Gasteiger charge is -2.33. The topological polar surface area (TPSA) is 90.0 Å². The summed E-state index contributed by atoms with van der Waals surface area (Å²) in [5, 5.41) is 20.6. The number of hydrogen-bond acceptors (Lipinski definition) is 6. The molecule has 8 nitrogen and oxygen atoms in total. The molecule has 8 heteroatoms. The highest BCUT2D eigenvalue weighted by Gasteiger charge is 2.29. The Labute approximate surface area is 181 Å². The highest BCUT2D eigenvalue weighted by atomic mass is 16.6. The lowest BCUT2D eigenvalue weighted by Crippen LogP contribution is -2.36. The quantitative estimate of drug-likeness (QED) is 0.462.